The van der Waals surface area contributed by atoms with Crippen molar-refractivity contribution in [2.24, 2.45) is 10.9 Å². The Bertz CT molecular complexity index is 623. The highest BCUT2D eigenvalue weighted by Gasteiger charge is 2.23. The van der Waals surface area contributed by atoms with E-state index in [1.807, 2.05) is 25.2 Å². The van der Waals surface area contributed by atoms with Crippen molar-refractivity contribution in [3.8, 4) is 5.75 Å². The number of hydrogen-bond acceptors (Lipinski definition) is 5. The second kappa shape index (κ2) is 10.5. The van der Waals surface area contributed by atoms with Crippen LogP contribution in [0.2, 0.25) is 0 Å². The Morgan fingerprint density at radius 2 is 1.86 bits per heavy atom. The molecule has 0 radical (unpaired) electrons. The average molecular weight is 390 g/mol. The highest BCUT2D eigenvalue weighted by Crippen LogP contribution is 2.27. The maximum absolute atomic E-state index is 10.1. The van der Waals surface area contributed by atoms with E-state index in [1.54, 1.807) is 13.2 Å². The Balaban J connectivity index is 1.41. The summed E-state index contributed by atoms with van der Waals surface area (Å²) in [6, 6.07) is 7.57. The standard InChI is InChI=1S/C21H35N5O2/c1-22-21(23-17-18-7-9-24(10-8-18)15-16-28-2)26-13-11-25(12-14-26)19-5-3-4-6-20(19)27/h3-6,18,27H,7-17H2,1-2H3,(H,22,23). The highest BCUT2D eigenvalue weighted by molar-refractivity contribution is 5.80. The second-order valence-electron chi connectivity index (χ2n) is 7.67. The molecule has 156 valence electrons. The van der Waals surface area contributed by atoms with Crippen LogP contribution in [0.15, 0.2) is 29.3 Å². The van der Waals surface area contributed by atoms with E-state index in [1.165, 1.54) is 12.8 Å². The van der Waals surface area contributed by atoms with Gasteiger partial charge in [-0.15, -0.1) is 0 Å². The summed E-state index contributed by atoms with van der Waals surface area (Å²) in [5.74, 6) is 2.06. The number of anilines is 1. The molecule has 2 aliphatic rings. The Kier molecular flexibility index (Phi) is 7.80. The van der Waals surface area contributed by atoms with Crippen LogP contribution in [-0.2, 0) is 4.74 Å². The van der Waals surface area contributed by atoms with Crippen LogP contribution >= 0.6 is 0 Å². The molecule has 0 atom stereocenters. The van der Waals surface area contributed by atoms with Gasteiger partial charge in [-0.3, -0.25) is 4.99 Å². The smallest absolute Gasteiger partial charge is 0.193 e. The number of phenolic OH excluding ortho intramolecular Hbond substituents is 1. The van der Waals surface area contributed by atoms with Crippen molar-refractivity contribution in [2.45, 2.75) is 12.8 Å². The number of ether oxygens (including phenoxy) is 1. The predicted octanol–water partition coefficient (Wildman–Crippen LogP) is 1.45. The molecule has 1 aromatic carbocycles. The summed E-state index contributed by atoms with van der Waals surface area (Å²) in [5.41, 5.74) is 0.922. The normalized spacial score (nSPS) is 19.9. The second-order valence-corrected chi connectivity index (χ2v) is 7.67. The lowest BCUT2D eigenvalue weighted by atomic mass is 9.97. The first-order chi connectivity index (χ1) is 13.7. The van der Waals surface area contributed by atoms with Crippen LogP contribution in [0.25, 0.3) is 0 Å². The van der Waals surface area contributed by atoms with E-state index in [0.29, 0.717) is 11.7 Å². The summed E-state index contributed by atoms with van der Waals surface area (Å²) in [4.78, 5) is 11.6. The minimum absolute atomic E-state index is 0.357. The van der Waals surface area contributed by atoms with Gasteiger partial charge in [0.2, 0.25) is 0 Å². The molecule has 0 aliphatic carbocycles. The molecule has 0 spiro atoms. The summed E-state index contributed by atoms with van der Waals surface area (Å²) in [6.45, 7) is 8.76. The van der Waals surface area contributed by atoms with Crippen molar-refractivity contribution in [3.63, 3.8) is 0 Å². The molecular weight excluding hydrogens is 354 g/mol. The molecule has 0 amide bonds. The van der Waals surface area contributed by atoms with Crippen molar-refractivity contribution in [1.29, 1.82) is 0 Å². The molecule has 7 heteroatoms. The number of rotatable bonds is 6. The summed E-state index contributed by atoms with van der Waals surface area (Å²) >= 11 is 0. The van der Waals surface area contributed by atoms with E-state index >= 15 is 0 Å². The van der Waals surface area contributed by atoms with Crippen LogP contribution in [0, 0.1) is 5.92 Å². The molecule has 0 aromatic heterocycles. The zero-order valence-corrected chi connectivity index (χ0v) is 17.3. The molecule has 28 heavy (non-hydrogen) atoms. The quantitative estimate of drug-likeness (QED) is 0.567. The minimum atomic E-state index is 0.357. The number of methoxy groups -OCH3 is 1. The molecule has 0 unspecified atom stereocenters. The number of benzene rings is 1. The molecule has 2 heterocycles. The lowest BCUT2D eigenvalue weighted by Gasteiger charge is -2.38. The van der Waals surface area contributed by atoms with E-state index in [4.69, 9.17) is 4.74 Å². The number of aliphatic imine (C=N–C) groups is 1. The van der Waals surface area contributed by atoms with Gasteiger partial charge in [0.05, 0.1) is 12.3 Å². The number of piperazine rings is 1. The number of aromatic hydroxyl groups is 1. The highest BCUT2D eigenvalue weighted by atomic mass is 16.5. The fourth-order valence-corrected chi connectivity index (χ4v) is 4.09. The van der Waals surface area contributed by atoms with Gasteiger partial charge >= 0.3 is 0 Å². The predicted molar refractivity (Wildman–Crippen MR) is 114 cm³/mol. The first-order valence-corrected chi connectivity index (χ1v) is 10.4. The van der Waals surface area contributed by atoms with Gasteiger partial charge in [-0.1, -0.05) is 12.1 Å². The Hall–Kier alpha value is -1.99. The van der Waals surface area contributed by atoms with Crippen molar-refractivity contribution in [2.75, 3.05) is 78.0 Å². The van der Waals surface area contributed by atoms with Gasteiger partial charge in [-0.05, 0) is 44.0 Å². The summed E-state index contributed by atoms with van der Waals surface area (Å²) in [7, 11) is 3.63. The number of guanidine groups is 1. The lowest BCUT2D eigenvalue weighted by molar-refractivity contribution is 0.120. The maximum Gasteiger partial charge on any atom is 0.193 e. The zero-order valence-electron chi connectivity index (χ0n) is 17.3. The summed E-state index contributed by atoms with van der Waals surface area (Å²) in [6.07, 6.45) is 2.46. The van der Waals surface area contributed by atoms with E-state index in [0.717, 1.165) is 70.6 Å². The monoisotopic (exact) mass is 389 g/mol. The number of phenols is 1. The molecule has 3 rings (SSSR count). The Morgan fingerprint density at radius 3 is 2.50 bits per heavy atom. The van der Waals surface area contributed by atoms with E-state index in [2.05, 4.69) is 25.0 Å². The zero-order chi connectivity index (χ0) is 19.8. The van der Waals surface area contributed by atoms with E-state index in [9.17, 15) is 5.11 Å². The third kappa shape index (κ3) is 5.52. The lowest BCUT2D eigenvalue weighted by Crippen LogP contribution is -2.53. The third-order valence-electron chi connectivity index (χ3n) is 5.88. The van der Waals surface area contributed by atoms with Crippen LogP contribution in [-0.4, -0.2) is 94.0 Å². The molecule has 0 bridgehead atoms. The minimum Gasteiger partial charge on any atom is -0.506 e. The molecule has 2 N–H and O–H groups in total. The number of likely N-dealkylation sites (tertiary alicyclic amines) is 1. The van der Waals surface area contributed by atoms with Gasteiger partial charge in [0.15, 0.2) is 5.96 Å². The van der Waals surface area contributed by atoms with Gasteiger partial charge in [0, 0.05) is 53.4 Å². The average Bonchev–Trinajstić information content (AvgIpc) is 2.74. The van der Waals surface area contributed by atoms with E-state index < -0.39 is 0 Å². The molecule has 1 aromatic rings. The molecular formula is C21H35N5O2. The topological polar surface area (TPSA) is 63.6 Å². The number of para-hydroxylation sites is 2. The van der Waals surface area contributed by atoms with Gasteiger partial charge in [0.25, 0.3) is 0 Å². The molecule has 2 fully saturated rings. The van der Waals surface area contributed by atoms with Crippen LogP contribution in [0.4, 0.5) is 5.69 Å². The fourth-order valence-electron chi connectivity index (χ4n) is 4.09. The number of nitrogens with zero attached hydrogens (tertiary/aromatic N) is 4. The van der Waals surface area contributed by atoms with Gasteiger partial charge in [-0.2, -0.15) is 0 Å². The number of nitrogens with one attached hydrogen (secondary N) is 1. The Morgan fingerprint density at radius 1 is 1.14 bits per heavy atom. The SMILES string of the molecule is CN=C(NCC1CCN(CCOC)CC1)N1CCN(c2ccccc2O)CC1. The molecule has 2 saturated heterocycles. The van der Waals surface area contributed by atoms with E-state index in [-0.39, 0.29) is 0 Å². The number of piperidine rings is 1. The fraction of sp³-hybridized carbons (Fsp3) is 0.667. The molecule has 7 nitrogen and oxygen atoms in total. The molecule has 0 saturated carbocycles. The van der Waals surface area contributed by atoms with Gasteiger partial charge in [-0.25, -0.2) is 0 Å². The van der Waals surface area contributed by atoms with Gasteiger partial charge < -0.3 is 29.9 Å². The molecule has 2 aliphatic heterocycles. The van der Waals surface area contributed by atoms with Gasteiger partial charge in [0.1, 0.15) is 5.75 Å². The summed E-state index contributed by atoms with van der Waals surface area (Å²) in [5, 5.41) is 13.7. The summed E-state index contributed by atoms with van der Waals surface area (Å²) < 4.78 is 5.18. The maximum atomic E-state index is 10.1. The van der Waals surface area contributed by atoms with Crippen LogP contribution < -0.4 is 10.2 Å². The van der Waals surface area contributed by atoms with Crippen molar-refractivity contribution < 1.29 is 9.84 Å². The van der Waals surface area contributed by atoms with Crippen molar-refractivity contribution in [1.82, 2.24) is 15.1 Å². The first-order valence-electron chi connectivity index (χ1n) is 10.4. The van der Waals surface area contributed by atoms with Crippen molar-refractivity contribution in [3.05, 3.63) is 24.3 Å². The van der Waals surface area contributed by atoms with Crippen molar-refractivity contribution >= 4 is 11.6 Å². The largest absolute Gasteiger partial charge is 0.506 e. The Labute approximate surface area is 169 Å². The van der Waals surface area contributed by atoms with Crippen LogP contribution in [0.3, 0.4) is 0 Å². The van der Waals surface area contributed by atoms with Crippen LogP contribution in [0.1, 0.15) is 12.8 Å². The van der Waals surface area contributed by atoms with Crippen LogP contribution in [0.5, 0.6) is 5.75 Å². The first kappa shape index (κ1) is 20.7. The number of hydrogen-bond donors (Lipinski definition) is 2. The third-order valence-corrected chi connectivity index (χ3v) is 5.88.